The van der Waals surface area contributed by atoms with Crippen LogP contribution in [0.3, 0.4) is 0 Å². The van der Waals surface area contributed by atoms with Gasteiger partial charge in [0.15, 0.2) is 0 Å². The Morgan fingerprint density at radius 3 is 2.35 bits per heavy atom. The van der Waals surface area contributed by atoms with Crippen molar-refractivity contribution in [3.8, 4) is 0 Å². The zero-order valence-corrected chi connectivity index (χ0v) is 44.3. The molecule has 9 amide bonds. The highest BCUT2D eigenvalue weighted by atomic mass is 16.6. The first-order chi connectivity index (χ1) is 36.9. The number of unbranched alkanes of at least 4 members (excludes halogenated alkanes) is 2. The fourth-order valence-corrected chi connectivity index (χ4v) is 9.04. The molecule has 3 aliphatic heterocycles. The fraction of sp³-hybridized carbons (Fsp3) is 0.455. The largest absolute Gasteiger partial charge is 0.445 e. The van der Waals surface area contributed by atoms with Gasteiger partial charge in [-0.25, -0.2) is 14.6 Å². The standard InChI is InChI=1S/C55H72N12O10/c1-5-23-65(24-6-2)53(74)38-27-36-15-16-37(29-44(36)62-45(56)30-38)50(71)61-41-28-39-32-66(26-21-42(39)59-31-41)55(76)77-33-35-13-17-40(18-14-35)60-51(72)43(11-10-22-58-54(57)75)63-52(73)49(34(3)4)64-46(68)12-8-7-9-25-67-47(69)19-20-48(67)70/h13-20,27-29,31,34,43,47,49,69H,5-12,21-26,30,32-33H2,1-4H3,(H2,56,62)(H,60,72)(H,61,71)(H,63,73)(H,64,68)(H3,57,58,75)/t43-,47?,49-/m0/s1. The highest BCUT2D eigenvalue weighted by Crippen LogP contribution is 2.30. The average molecular weight is 1060 g/mol. The topological polar surface area (TPSA) is 313 Å². The number of amides is 9. The van der Waals surface area contributed by atoms with Gasteiger partial charge in [-0.2, -0.15) is 0 Å². The molecule has 0 radical (unpaired) electrons. The molecule has 77 heavy (non-hydrogen) atoms. The lowest BCUT2D eigenvalue weighted by molar-refractivity contribution is -0.132. The third-order valence-electron chi connectivity index (χ3n) is 13.1. The maximum atomic E-state index is 13.7. The van der Waals surface area contributed by atoms with Crippen LogP contribution in [-0.4, -0.2) is 129 Å². The highest BCUT2D eigenvalue weighted by molar-refractivity contribution is 6.08. The maximum Gasteiger partial charge on any atom is 0.410 e. The number of carbonyl (C=O) groups is 8. The monoisotopic (exact) mass is 1060 g/mol. The maximum absolute atomic E-state index is 13.7. The van der Waals surface area contributed by atoms with Crippen molar-refractivity contribution >= 4 is 76.5 Å². The van der Waals surface area contributed by atoms with E-state index in [1.165, 1.54) is 17.1 Å². The first kappa shape index (κ1) is 58.1. The molecule has 0 spiro atoms. The van der Waals surface area contributed by atoms with E-state index in [1.807, 2.05) is 18.7 Å². The van der Waals surface area contributed by atoms with Crippen molar-refractivity contribution in [3.63, 3.8) is 0 Å². The number of benzene rings is 2. The second-order valence-corrected chi connectivity index (χ2v) is 19.6. The molecule has 0 aliphatic carbocycles. The number of urea groups is 1. The van der Waals surface area contributed by atoms with E-state index in [0.717, 1.165) is 24.1 Å². The number of hydrogen-bond donors (Lipinski definition) is 8. The molecule has 6 rings (SSSR count). The molecule has 3 aliphatic rings. The van der Waals surface area contributed by atoms with Crippen LogP contribution in [0.1, 0.15) is 118 Å². The van der Waals surface area contributed by atoms with Gasteiger partial charge >= 0.3 is 12.1 Å². The van der Waals surface area contributed by atoms with Crippen LogP contribution in [0.5, 0.6) is 0 Å². The quantitative estimate of drug-likeness (QED) is 0.0534. The lowest BCUT2D eigenvalue weighted by atomic mass is 10.0. The summed E-state index contributed by atoms with van der Waals surface area (Å²) in [6, 6.07) is 10.7. The van der Waals surface area contributed by atoms with E-state index in [9.17, 15) is 43.5 Å². The van der Waals surface area contributed by atoms with Gasteiger partial charge in [0.25, 0.3) is 5.91 Å². The number of aliphatic imine (C=N–C) groups is 1. The molecule has 22 heteroatoms. The molecule has 10 N–H and O–H groups in total. The lowest BCUT2D eigenvalue weighted by Crippen LogP contribution is -2.54. The summed E-state index contributed by atoms with van der Waals surface area (Å²) < 4.78 is 5.68. The first-order valence-electron chi connectivity index (χ1n) is 26.3. The summed E-state index contributed by atoms with van der Waals surface area (Å²) in [5, 5.41) is 23.6. The van der Waals surface area contributed by atoms with Gasteiger partial charge < -0.3 is 62.6 Å². The first-order valence-corrected chi connectivity index (χ1v) is 26.3. The molecule has 1 aromatic heterocycles. The van der Waals surface area contributed by atoms with E-state index in [0.29, 0.717) is 97.6 Å². The minimum Gasteiger partial charge on any atom is -0.445 e. The number of nitrogens with zero attached hydrogens (tertiary/aromatic N) is 5. The number of carbonyl (C=O) groups excluding carboxylic acids is 8. The number of rotatable bonds is 25. The molecule has 0 fully saturated rings. The van der Waals surface area contributed by atoms with Crippen molar-refractivity contribution in [2.45, 2.75) is 123 Å². The van der Waals surface area contributed by atoms with Gasteiger partial charge in [-0.05, 0) is 98.1 Å². The van der Waals surface area contributed by atoms with Crippen LogP contribution < -0.4 is 38.1 Å². The molecule has 412 valence electrons. The van der Waals surface area contributed by atoms with Gasteiger partial charge in [0.1, 0.15) is 30.8 Å². The van der Waals surface area contributed by atoms with Gasteiger partial charge in [-0.15, -0.1) is 0 Å². The number of aliphatic hydroxyl groups is 1. The van der Waals surface area contributed by atoms with Crippen LogP contribution in [0, 0.1) is 5.92 Å². The summed E-state index contributed by atoms with van der Waals surface area (Å²) in [7, 11) is 0. The van der Waals surface area contributed by atoms with Crippen molar-refractivity contribution in [3.05, 3.63) is 100 Å². The number of nitrogens with two attached hydrogens (primary N) is 2. The van der Waals surface area contributed by atoms with Crippen LogP contribution >= 0.6 is 0 Å². The summed E-state index contributed by atoms with van der Waals surface area (Å²) >= 11 is 0. The third-order valence-corrected chi connectivity index (χ3v) is 13.1. The van der Waals surface area contributed by atoms with Gasteiger partial charge in [0.05, 0.1) is 24.1 Å². The highest BCUT2D eigenvalue weighted by Gasteiger charge is 2.30. The molecule has 0 saturated heterocycles. The van der Waals surface area contributed by atoms with Gasteiger partial charge in [-0.3, -0.25) is 33.8 Å². The Labute approximate surface area is 448 Å². The summed E-state index contributed by atoms with van der Waals surface area (Å²) in [5.74, 6) is -2.26. The minimum absolute atomic E-state index is 0.0693. The van der Waals surface area contributed by atoms with Crippen LogP contribution in [0.4, 0.5) is 26.7 Å². The van der Waals surface area contributed by atoms with Gasteiger partial charge in [-0.1, -0.05) is 52.3 Å². The van der Waals surface area contributed by atoms with Crippen molar-refractivity contribution in [1.82, 2.24) is 35.6 Å². The van der Waals surface area contributed by atoms with E-state index >= 15 is 0 Å². The summed E-state index contributed by atoms with van der Waals surface area (Å²) in [4.78, 5) is 118. The number of hydrogen-bond acceptors (Lipinski definition) is 13. The predicted octanol–water partition coefficient (Wildman–Crippen LogP) is 4.74. The SMILES string of the molecule is CCCN(CCC)C(=O)C1=Cc2ccc(C(=O)Nc3cnc4c(c3)CN(C(=O)OCc3ccc(NC(=O)[C@H](CCCNC(N)=O)NC(=O)[C@@H](NC(=O)CCCCCN5C(=O)C=CC5O)C(C)C)cc3)CC4)cc2N=C(N)C1. The molecule has 3 atom stereocenters. The molecule has 0 saturated carbocycles. The Bertz CT molecular complexity index is 2740. The second kappa shape index (κ2) is 28.1. The molecule has 1 unspecified atom stereocenters. The average Bonchev–Trinajstić information content (AvgIpc) is 3.61. The van der Waals surface area contributed by atoms with Crippen LogP contribution in [0.2, 0.25) is 0 Å². The van der Waals surface area contributed by atoms with E-state index in [2.05, 4.69) is 36.6 Å². The summed E-state index contributed by atoms with van der Waals surface area (Å²) in [6.45, 7) is 9.87. The molecule has 4 heterocycles. The number of amidine groups is 1. The molecule has 2 aromatic carbocycles. The Hall–Kier alpha value is -8.14. The zero-order chi connectivity index (χ0) is 55.6. The Balaban J connectivity index is 0.989. The van der Waals surface area contributed by atoms with E-state index in [1.54, 1.807) is 79.6 Å². The third kappa shape index (κ3) is 16.9. The number of pyridine rings is 1. The Morgan fingerprint density at radius 1 is 0.909 bits per heavy atom. The van der Waals surface area contributed by atoms with Crippen molar-refractivity contribution < 1.29 is 48.2 Å². The van der Waals surface area contributed by atoms with Gasteiger partial charge in [0, 0.05) is 86.1 Å². The molecule has 0 bridgehead atoms. The van der Waals surface area contributed by atoms with Crippen molar-refractivity contribution in [2.24, 2.45) is 22.4 Å². The molecule has 22 nitrogen and oxygen atoms in total. The zero-order valence-electron chi connectivity index (χ0n) is 44.3. The smallest absolute Gasteiger partial charge is 0.410 e. The van der Waals surface area contributed by atoms with Crippen molar-refractivity contribution in [1.29, 1.82) is 0 Å². The number of nitrogens with one attached hydrogen (secondary N) is 5. The number of ether oxygens (including phenoxy) is 1. The summed E-state index contributed by atoms with van der Waals surface area (Å²) in [5.41, 5.74) is 16.5. The fourth-order valence-electron chi connectivity index (χ4n) is 9.04. The normalized spacial score (nSPS) is 15.5. The lowest BCUT2D eigenvalue weighted by Gasteiger charge is -2.28. The number of fused-ring (bicyclic) bond motifs is 2. The summed E-state index contributed by atoms with van der Waals surface area (Å²) in [6.07, 6.45) is 9.19. The van der Waals surface area contributed by atoms with E-state index in [4.69, 9.17) is 16.2 Å². The number of aromatic nitrogens is 1. The van der Waals surface area contributed by atoms with Crippen LogP contribution in [0.25, 0.3) is 6.08 Å². The molecular formula is C55H72N12O10. The Kier molecular flexibility index (Phi) is 21.2. The molecule has 3 aromatic rings. The van der Waals surface area contributed by atoms with E-state index in [-0.39, 0.29) is 68.4 Å². The van der Waals surface area contributed by atoms with E-state index < -0.39 is 48.2 Å². The van der Waals surface area contributed by atoms with Crippen LogP contribution in [0.15, 0.2) is 77.4 Å². The second-order valence-electron chi connectivity index (χ2n) is 19.6. The number of anilines is 2. The molecular weight excluding hydrogens is 989 g/mol. The Morgan fingerprint density at radius 2 is 1.66 bits per heavy atom. The number of primary amides is 1. The van der Waals surface area contributed by atoms with Gasteiger partial charge in [0.2, 0.25) is 29.5 Å². The minimum atomic E-state index is -1.06. The van der Waals surface area contributed by atoms with Crippen molar-refractivity contribution in [2.75, 3.05) is 43.4 Å². The predicted molar refractivity (Wildman–Crippen MR) is 290 cm³/mol. The van der Waals surface area contributed by atoms with Crippen LogP contribution in [-0.2, 0) is 48.3 Å². The number of aliphatic hydroxyl groups excluding tert-OH is 1.